The van der Waals surface area contributed by atoms with Crippen LogP contribution in [0.5, 0.6) is 17.2 Å². The molecule has 3 aromatic rings. The third-order valence-corrected chi connectivity index (χ3v) is 3.99. The molecule has 0 unspecified atom stereocenters. The lowest BCUT2D eigenvalue weighted by Gasteiger charge is -2.13. The second kappa shape index (κ2) is 9.42. The summed E-state index contributed by atoms with van der Waals surface area (Å²) in [5.41, 5.74) is 2.71. The predicted molar refractivity (Wildman–Crippen MR) is 113 cm³/mol. The van der Waals surface area contributed by atoms with Gasteiger partial charge in [-0.2, -0.15) is 0 Å². The van der Waals surface area contributed by atoms with Gasteiger partial charge in [0.25, 0.3) is 0 Å². The van der Waals surface area contributed by atoms with E-state index >= 15 is 0 Å². The molecular weight excluding hydrogens is 350 g/mol. The predicted octanol–water partition coefficient (Wildman–Crippen LogP) is 6.10. The Balaban J connectivity index is 1.90. The lowest BCUT2D eigenvalue weighted by Crippen LogP contribution is -2.11. The van der Waals surface area contributed by atoms with Crippen molar-refractivity contribution in [3.8, 4) is 17.2 Å². The maximum atomic E-state index is 6.09. The number of aryl methyl sites for hydroxylation is 1. The van der Waals surface area contributed by atoms with Gasteiger partial charge in [-0.15, -0.1) is 0 Å². The highest BCUT2D eigenvalue weighted by Gasteiger charge is 2.11. The van der Waals surface area contributed by atoms with Gasteiger partial charge in [-0.1, -0.05) is 48.0 Å². The summed E-state index contributed by atoms with van der Waals surface area (Å²) in [4.78, 5) is 4.65. The van der Waals surface area contributed by atoms with Crippen molar-refractivity contribution in [2.45, 2.75) is 13.8 Å². The van der Waals surface area contributed by atoms with Crippen LogP contribution in [-0.2, 0) is 0 Å². The highest BCUT2D eigenvalue weighted by molar-refractivity contribution is 5.96. The fraction of sp³-hybridized carbons (Fsp3) is 0.125. The van der Waals surface area contributed by atoms with E-state index in [1.807, 2.05) is 92.7 Å². The average molecular weight is 373 g/mol. The molecule has 4 nitrogen and oxygen atoms in total. The van der Waals surface area contributed by atoms with Crippen LogP contribution in [0.4, 0.5) is 5.69 Å². The van der Waals surface area contributed by atoms with Gasteiger partial charge in [0.15, 0.2) is 11.5 Å². The molecule has 0 amide bonds. The molecular formula is C24H23NO3. The Morgan fingerprint density at radius 2 is 1.46 bits per heavy atom. The third-order valence-electron chi connectivity index (χ3n) is 3.99. The molecule has 0 radical (unpaired) electrons. The number of rotatable bonds is 6. The van der Waals surface area contributed by atoms with Crippen molar-refractivity contribution in [3.63, 3.8) is 0 Å². The zero-order chi connectivity index (χ0) is 19.8. The van der Waals surface area contributed by atoms with Crippen LogP contribution in [0.3, 0.4) is 0 Å². The Hall–Kier alpha value is -3.53. The van der Waals surface area contributed by atoms with E-state index in [-0.39, 0.29) is 0 Å². The Morgan fingerprint density at radius 3 is 2.14 bits per heavy atom. The van der Waals surface area contributed by atoms with Crippen molar-refractivity contribution in [2.75, 3.05) is 7.11 Å². The van der Waals surface area contributed by atoms with Gasteiger partial charge in [-0.3, -0.25) is 0 Å². The molecule has 0 bridgehead atoms. The summed E-state index contributed by atoms with van der Waals surface area (Å²) in [7, 11) is 1.61. The number of para-hydroxylation sites is 3. The van der Waals surface area contributed by atoms with E-state index in [1.165, 1.54) is 5.56 Å². The molecule has 3 aromatic carbocycles. The van der Waals surface area contributed by atoms with Crippen molar-refractivity contribution in [1.82, 2.24) is 0 Å². The van der Waals surface area contributed by atoms with E-state index in [9.17, 15) is 0 Å². The van der Waals surface area contributed by atoms with Crippen molar-refractivity contribution in [1.29, 1.82) is 0 Å². The van der Waals surface area contributed by atoms with Crippen molar-refractivity contribution in [2.24, 2.45) is 4.99 Å². The van der Waals surface area contributed by atoms with Gasteiger partial charge in [-0.25, -0.2) is 4.99 Å². The molecule has 0 aromatic heterocycles. The first-order valence-corrected chi connectivity index (χ1v) is 9.01. The number of hydrogen-bond acceptors (Lipinski definition) is 4. The number of hydrogen-bond donors (Lipinski definition) is 0. The molecule has 3 rings (SSSR count). The third kappa shape index (κ3) is 5.24. The summed E-state index contributed by atoms with van der Waals surface area (Å²) >= 11 is 0. The quantitative estimate of drug-likeness (QED) is 0.298. The zero-order valence-corrected chi connectivity index (χ0v) is 16.3. The van der Waals surface area contributed by atoms with Gasteiger partial charge in [-0.05, 0) is 50.2 Å². The minimum atomic E-state index is 0.433. The van der Waals surface area contributed by atoms with Gasteiger partial charge in [0.05, 0.1) is 19.1 Å². The zero-order valence-electron chi connectivity index (χ0n) is 16.3. The number of benzene rings is 3. The van der Waals surface area contributed by atoms with Crippen LogP contribution in [0.1, 0.15) is 12.5 Å². The van der Waals surface area contributed by atoms with E-state index in [4.69, 9.17) is 14.2 Å². The van der Waals surface area contributed by atoms with E-state index in [1.54, 1.807) is 13.4 Å². The number of nitrogens with zero attached hydrogens (tertiary/aromatic N) is 1. The molecule has 4 heteroatoms. The van der Waals surface area contributed by atoms with Crippen LogP contribution < -0.4 is 14.2 Å². The van der Waals surface area contributed by atoms with Gasteiger partial charge >= 0.3 is 0 Å². The average Bonchev–Trinajstić information content (AvgIpc) is 2.74. The topological polar surface area (TPSA) is 40.0 Å². The van der Waals surface area contributed by atoms with Crippen LogP contribution in [0, 0.1) is 6.92 Å². The standard InChI is InChI=1S/C24H23NO3/c1-18-13-15-21(16-14-18)27-17-19(2)24(25-20-9-5-4-6-10-20)28-23-12-8-7-11-22(23)26-3/h4-17H,1-3H3/b19-17?,25-24+. The van der Waals surface area contributed by atoms with Crippen LogP contribution in [0.15, 0.2) is 95.7 Å². The minimum Gasteiger partial charge on any atom is -0.493 e. The fourth-order valence-electron chi connectivity index (χ4n) is 2.44. The molecule has 0 saturated carbocycles. The minimum absolute atomic E-state index is 0.433. The Morgan fingerprint density at radius 1 is 0.821 bits per heavy atom. The molecule has 0 aliphatic carbocycles. The van der Waals surface area contributed by atoms with E-state index in [2.05, 4.69) is 4.99 Å². The van der Waals surface area contributed by atoms with Crippen molar-refractivity contribution < 1.29 is 14.2 Å². The summed E-state index contributed by atoms with van der Waals surface area (Å²) in [6.07, 6.45) is 1.64. The molecule has 0 saturated heterocycles. The highest BCUT2D eigenvalue weighted by atomic mass is 16.5. The lowest BCUT2D eigenvalue weighted by atomic mass is 10.2. The normalized spacial score (nSPS) is 11.8. The maximum absolute atomic E-state index is 6.09. The van der Waals surface area contributed by atoms with Crippen molar-refractivity contribution in [3.05, 3.63) is 96.3 Å². The SMILES string of the molecule is COc1ccccc1O/C(=N/c1ccccc1)C(C)=COc1ccc(C)cc1. The summed E-state index contributed by atoms with van der Waals surface area (Å²) in [5.74, 6) is 2.40. The molecule has 0 fully saturated rings. The summed E-state index contributed by atoms with van der Waals surface area (Å²) in [6, 6.07) is 25.0. The molecule has 28 heavy (non-hydrogen) atoms. The second-order valence-corrected chi connectivity index (χ2v) is 6.24. The van der Waals surface area contributed by atoms with Crippen LogP contribution >= 0.6 is 0 Å². The largest absolute Gasteiger partial charge is 0.493 e. The van der Waals surface area contributed by atoms with Crippen LogP contribution in [0.2, 0.25) is 0 Å². The number of ether oxygens (including phenoxy) is 3. The molecule has 0 aliphatic rings. The first kappa shape index (κ1) is 19.2. The second-order valence-electron chi connectivity index (χ2n) is 6.24. The van der Waals surface area contributed by atoms with Gasteiger partial charge in [0.1, 0.15) is 5.75 Å². The maximum Gasteiger partial charge on any atom is 0.226 e. The summed E-state index contributed by atoms with van der Waals surface area (Å²) in [6.45, 7) is 3.93. The fourth-order valence-corrected chi connectivity index (χ4v) is 2.44. The Labute approximate surface area is 165 Å². The molecule has 0 N–H and O–H groups in total. The highest BCUT2D eigenvalue weighted by Crippen LogP contribution is 2.27. The van der Waals surface area contributed by atoms with Crippen LogP contribution in [-0.4, -0.2) is 13.0 Å². The molecule has 0 aliphatic heterocycles. The lowest BCUT2D eigenvalue weighted by molar-refractivity contribution is 0.390. The van der Waals surface area contributed by atoms with Crippen molar-refractivity contribution >= 4 is 11.6 Å². The smallest absolute Gasteiger partial charge is 0.226 e. The molecule has 0 spiro atoms. The number of aliphatic imine (C=N–C) groups is 1. The summed E-state index contributed by atoms with van der Waals surface area (Å²) in [5, 5.41) is 0. The number of methoxy groups -OCH3 is 1. The first-order chi connectivity index (χ1) is 13.7. The first-order valence-electron chi connectivity index (χ1n) is 9.01. The van der Waals surface area contributed by atoms with Crippen LogP contribution in [0.25, 0.3) is 0 Å². The summed E-state index contributed by atoms with van der Waals surface area (Å²) < 4.78 is 17.3. The van der Waals surface area contributed by atoms with Gasteiger partial charge in [0, 0.05) is 5.57 Å². The van der Waals surface area contributed by atoms with Gasteiger partial charge in [0.2, 0.25) is 5.90 Å². The van der Waals surface area contributed by atoms with E-state index < -0.39 is 0 Å². The Bertz CT molecular complexity index is 961. The van der Waals surface area contributed by atoms with E-state index in [0.29, 0.717) is 17.4 Å². The molecule has 0 heterocycles. The monoisotopic (exact) mass is 373 g/mol. The molecule has 0 atom stereocenters. The molecule has 142 valence electrons. The van der Waals surface area contributed by atoms with E-state index in [0.717, 1.165) is 17.0 Å². The Kier molecular flexibility index (Phi) is 6.47. The van der Waals surface area contributed by atoms with Gasteiger partial charge < -0.3 is 14.2 Å².